The molecular formula is C10H6FNO2S. The number of halogens is 1. The number of rotatable bonds is 2. The lowest BCUT2D eigenvalue weighted by Crippen LogP contribution is -1.94. The third kappa shape index (κ3) is 1.87. The van der Waals surface area contributed by atoms with Crippen LogP contribution in [-0.2, 0) is 0 Å². The molecule has 0 saturated heterocycles. The van der Waals surface area contributed by atoms with E-state index in [2.05, 4.69) is 4.98 Å². The third-order valence-corrected chi connectivity index (χ3v) is 2.87. The Kier molecular flexibility index (Phi) is 2.47. The number of aromatic carboxylic acids is 1. The first-order valence-corrected chi connectivity index (χ1v) is 4.95. The van der Waals surface area contributed by atoms with Crippen LogP contribution in [0.1, 0.15) is 9.80 Å². The van der Waals surface area contributed by atoms with Crippen molar-refractivity contribution >= 4 is 17.3 Å². The van der Waals surface area contributed by atoms with Crippen LogP contribution in [0.3, 0.4) is 0 Å². The van der Waals surface area contributed by atoms with Crippen molar-refractivity contribution in [2.45, 2.75) is 0 Å². The molecule has 0 amide bonds. The van der Waals surface area contributed by atoms with Crippen molar-refractivity contribution in [3.63, 3.8) is 0 Å². The Hall–Kier alpha value is -1.75. The maximum Gasteiger partial charge on any atom is 0.365 e. The van der Waals surface area contributed by atoms with Crippen molar-refractivity contribution in [1.29, 1.82) is 0 Å². The maximum absolute atomic E-state index is 13.3. The standard InChI is InChI=1S/C10H6FNO2S/c11-8-7(6-4-2-1-3-5-6)15-9(12-8)10(13)14/h1-5H,(H,13,14). The average molecular weight is 223 g/mol. The highest BCUT2D eigenvalue weighted by molar-refractivity contribution is 7.16. The zero-order valence-corrected chi connectivity index (χ0v) is 8.29. The van der Waals surface area contributed by atoms with Gasteiger partial charge in [0.15, 0.2) is 0 Å². The van der Waals surface area contributed by atoms with E-state index in [1.165, 1.54) is 0 Å². The number of carboxylic acid groups (broad SMARTS) is 1. The highest BCUT2D eigenvalue weighted by Gasteiger charge is 2.16. The lowest BCUT2D eigenvalue weighted by atomic mass is 10.2. The second-order valence-corrected chi connectivity index (χ2v) is 3.81. The molecule has 0 radical (unpaired) electrons. The van der Waals surface area contributed by atoms with Crippen molar-refractivity contribution in [1.82, 2.24) is 4.98 Å². The zero-order valence-electron chi connectivity index (χ0n) is 7.48. The monoisotopic (exact) mass is 223 g/mol. The zero-order chi connectivity index (χ0) is 10.8. The summed E-state index contributed by atoms with van der Waals surface area (Å²) in [6, 6.07) is 8.74. The minimum absolute atomic E-state index is 0.230. The molecule has 0 aliphatic carbocycles. The first kappa shape index (κ1) is 9.79. The van der Waals surface area contributed by atoms with E-state index in [4.69, 9.17) is 5.11 Å². The summed E-state index contributed by atoms with van der Waals surface area (Å²) in [4.78, 5) is 14.2. The fraction of sp³-hybridized carbons (Fsp3) is 0. The molecule has 1 aromatic heterocycles. The van der Waals surface area contributed by atoms with E-state index in [0.717, 1.165) is 11.3 Å². The van der Waals surface area contributed by atoms with Gasteiger partial charge >= 0.3 is 5.97 Å². The molecule has 3 nitrogen and oxygen atoms in total. The summed E-state index contributed by atoms with van der Waals surface area (Å²) in [6.45, 7) is 0. The Labute approximate surface area is 88.8 Å². The second kappa shape index (κ2) is 3.78. The van der Waals surface area contributed by atoms with Gasteiger partial charge in [0.25, 0.3) is 0 Å². The summed E-state index contributed by atoms with van der Waals surface area (Å²) in [6.07, 6.45) is 0. The molecule has 0 spiro atoms. The van der Waals surface area contributed by atoms with E-state index in [0.29, 0.717) is 5.56 Å². The van der Waals surface area contributed by atoms with Crippen LogP contribution in [0.15, 0.2) is 30.3 Å². The molecule has 1 N–H and O–H groups in total. The van der Waals surface area contributed by atoms with Crippen molar-refractivity contribution in [3.05, 3.63) is 41.3 Å². The number of nitrogens with zero attached hydrogens (tertiary/aromatic N) is 1. The number of hydrogen-bond acceptors (Lipinski definition) is 3. The van der Waals surface area contributed by atoms with Gasteiger partial charge in [-0.05, 0) is 5.56 Å². The van der Waals surface area contributed by atoms with Crippen molar-refractivity contribution in [2.75, 3.05) is 0 Å². The molecular weight excluding hydrogens is 217 g/mol. The van der Waals surface area contributed by atoms with Crippen molar-refractivity contribution in [3.8, 4) is 10.4 Å². The number of benzene rings is 1. The van der Waals surface area contributed by atoms with E-state index in [-0.39, 0.29) is 9.88 Å². The second-order valence-electron chi connectivity index (χ2n) is 2.81. The highest BCUT2D eigenvalue weighted by Crippen LogP contribution is 2.28. The Morgan fingerprint density at radius 1 is 1.33 bits per heavy atom. The summed E-state index contributed by atoms with van der Waals surface area (Å²) in [5, 5.41) is 8.42. The lowest BCUT2D eigenvalue weighted by Gasteiger charge is -1.94. The molecule has 76 valence electrons. The molecule has 2 aromatic rings. The van der Waals surface area contributed by atoms with Gasteiger partial charge in [0, 0.05) is 0 Å². The number of aromatic nitrogens is 1. The molecule has 2 rings (SSSR count). The quantitative estimate of drug-likeness (QED) is 0.851. The van der Waals surface area contributed by atoms with Crippen LogP contribution in [0, 0.1) is 5.95 Å². The summed E-state index contributed by atoms with van der Waals surface area (Å²) in [5.74, 6) is -1.94. The molecule has 0 bridgehead atoms. The topological polar surface area (TPSA) is 50.2 Å². The minimum Gasteiger partial charge on any atom is -0.476 e. The SMILES string of the molecule is O=C(O)c1nc(F)c(-c2ccccc2)s1. The van der Waals surface area contributed by atoms with E-state index >= 15 is 0 Å². The minimum atomic E-state index is -1.21. The van der Waals surface area contributed by atoms with Crippen molar-refractivity contribution in [2.24, 2.45) is 0 Å². The van der Waals surface area contributed by atoms with Gasteiger partial charge in [-0.2, -0.15) is 4.39 Å². The largest absolute Gasteiger partial charge is 0.476 e. The van der Waals surface area contributed by atoms with Gasteiger partial charge in [-0.3, -0.25) is 0 Å². The summed E-state index contributed by atoms with van der Waals surface area (Å²) in [5.41, 5.74) is 0.639. The molecule has 0 saturated carbocycles. The molecule has 0 atom stereocenters. The van der Waals surface area contributed by atoms with Crippen LogP contribution in [0.4, 0.5) is 4.39 Å². The van der Waals surface area contributed by atoms with Crippen LogP contribution >= 0.6 is 11.3 Å². The third-order valence-electron chi connectivity index (χ3n) is 1.80. The Morgan fingerprint density at radius 3 is 2.53 bits per heavy atom. The fourth-order valence-electron chi connectivity index (χ4n) is 1.16. The van der Waals surface area contributed by atoms with Crippen LogP contribution in [0.2, 0.25) is 0 Å². The molecule has 5 heteroatoms. The molecule has 0 aliphatic heterocycles. The van der Waals surface area contributed by atoms with Gasteiger partial charge in [-0.1, -0.05) is 30.3 Å². The Balaban J connectivity index is 2.50. The Bertz CT molecular complexity index is 495. The molecule has 1 aromatic carbocycles. The normalized spacial score (nSPS) is 10.2. The van der Waals surface area contributed by atoms with Gasteiger partial charge in [0.1, 0.15) is 0 Å². The van der Waals surface area contributed by atoms with E-state index in [1.54, 1.807) is 30.3 Å². The molecule has 0 unspecified atom stereocenters. The maximum atomic E-state index is 13.3. The van der Waals surface area contributed by atoms with Gasteiger partial charge in [-0.25, -0.2) is 9.78 Å². The van der Waals surface area contributed by atoms with Gasteiger partial charge in [0.2, 0.25) is 11.0 Å². The first-order chi connectivity index (χ1) is 7.18. The summed E-state index contributed by atoms with van der Waals surface area (Å²) >= 11 is 0.835. The molecule has 0 fully saturated rings. The predicted octanol–water partition coefficient (Wildman–Crippen LogP) is 2.65. The van der Waals surface area contributed by atoms with E-state index in [1.807, 2.05) is 0 Å². The fourth-order valence-corrected chi connectivity index (χ4v) is 1.95. The van der Waals surface area contributed by atoms with E-state index < -0.39 is 11.9 Å². The van der Waals surface area contributed by atoms with Crippen LogP contribution in [-0.4, -0.2) is 16.1 Å². The number of thiazole rings is 1. The van der Waals surface area contributed by atoms with Gasteiger partial charge < -0.3 is 5.11 Å². The van der Waals surface area contributed by atoms with Gasteiger partial charge in [0.05, 0.1) is 4.88 Å². The van der Waals surface area contributed by atoms with Crippen LogP contribution < -0.4 is 0 Å². The summed E-state index contributed by atoms with van der Waals surface area (Å²) < 4.78 is 13.3. The number of carboxylic acids is 1. The molecule has 0 aliphatic rings. The smallest absolute Gasteiger partial charge is 0.365 e. The lowest BCUT2D eigenvalue weighted by molar-refractivity contribution is 0.0695. The number of hydrogen-bond donors (Lipinski definition) is 1. The average Bonchev–Trinajstić information content (AvgIpc) is 2.62. The summed E-state index contributed by atoms with van der Waals surface area (Å²) in [7, 11) is 0. The van der Waals surface area contributed by atoms with Crippen LogP contribution in [0.5, 0.6) is 0 Å². The Morgan fingerprint density at radius 2 is 2.00 bits per heavy atom. The van der Waals surface area contributed by atoms with Gasteiger partial charge in [-0.15, -0.1) is 11.3 Å². The number of carbonyl (C=O) groups is 1. The highest BCUT2D eigenvalue weighted by atomic mass is 32.1. The first-order valence-electron chi connectivity index (χ1n) is 4.13. The van der Waals surface area contributed by atoms with Crippen molar-refractivity contribution < 1.29 is 14.3 Å². The molecule has 15 heavy (non-hydrogen) atoms. The predicted molar refractivity (Wildman–Crippen MR) is 54.5 cm³/mol. The van der Waals surface area contributed by atoms with E-state index in [9.17, 15) is 9.18 Å². The van der Waals surface area contributed by atoms with Crippen LogP contribution in [0.25, 0.3) is 10.4 Å². The molecule has 1 heterocycles.